The number of rotatable bonds is 7. The molecule has 6 heteroatoms. The van der Waals surface area contributed by atoms with E-state index in [1.165, 1.54) is 48.5 Å². The predicted octanol–water partition coefficient (Wildman–Crippen LogP) is 7.82. The Balaban J connectivity index is 0.00000387. The number of hydrogen-bond acceptors (Lipinski definition) is 3. The Kier molecular flexibility index (Phi) is 8.94. The van der Waals surface area contributed by atoms with Gasteiger partial charge in [-0.3, -0.25) is 0 Å². The molecule has 0 aliphatic carbocycles. The molecule has 0 saturated carbocycles. The number of fused-ring (bicyclic) bond motifs is 4. The van der Waals surface area contributed by atoms with E-state index in [-0.39, 0.29) is 21.1 Å². The van der Waals surface area contributed by atoms with Gasteiger partial charge in [-0.15, -0.1) is 11.5 Å². The third-order valence-corrected chi connectivity index (χ3v) is 15.1. The quantitative estimate of drug-likeness (QED) is 0.0929. The summed E-state index contributed by atoms with van der Waals surface area (Å²) in [6.45, 7) is 5.24. The van der Waals surface area contributed by atoms with E-state index in [9.17, 15) is 0 Å². The van der Waals surface area contributed by atoms with E-state index in [1.807, 2.05) is 6.20 Å². The summed E-state index contributed by atoms with van der Waals surface area (Å²) in [5.74, 6) is 1.30. The van der Waals surface area contributed by atoms with Crippen LogP contribution < -0.4 is 30.5 Å². The van der Waals surface area contributed by atoms with Crippen LogP contribution >= 0.6 is 0 Å². The van der Waals surface area contributed by atoms with E-state index < -0.39 is 8.07 Å². The average Bonchev–Trinajstić information content (AvgIpc) is 3.70. The van der Waals surface area contributed by atoms with Gasteiger partial charge in [0.05, 0.1) is 18.0 Å². The topological polar surface area (TPSA) is 24.3 Å². The molecule has 6 aromatic carbocycles. The van der Waals surface area contributed by atoms with Gasteiger partial charge in [-0.25, -0.2) is 4.98 Å². The molecule has 4 nitrogen and oxygen atoms in total. The maximum atomic E-state index is 4.95. The van der Waals surface area contributed by atoms with Gasteiger partial charge in [0.15, 0.2) is 0 Å². The van der Waals surface area contributed by atoms with Crippen molar-refractivity contribution >= 4 is 67.7 Å². The van der Waals surface area contributed by atoms with E-state index in [0.29, 0.717) is 5.92 Å². The van der Waals surface area contributed by atoms with Crippen LogP contribution in [0.5, 0.6) is 0 Å². The van der Waals surface area contributed by atoms with Crippen LogP contribution in [0.25, 0.3) is 27.6 Å². The van der Waals surface area contributed by atoms with Gasteiger partial charge in [-0.2, -0.15) is 46.8 Å². The van der Waals surface area contributed by atoms with Crippen LogP contribution in [0.2, 0.25) is 0 Å². The van der Waals surface area contributed by atoms with Gasteiger partial charge < -0.3 is 14.4 Å². The zero-order valence-corrected chi connectivity index (χ0v) is 32.7. The molecule has 0 saturated heterocycles. The number of hydrogen-bond donors (Lipinski definition) is 0. The predicted molar refractivity (Wildman–Crippen MR) is 216 cm³/mol. The summed E-state index contributed by atoms with van der Waals surface area (Å²) < 4.78 is 2.31. The molecule has 256 valence electrons. The second kappa shape index (κ2) is 13.7. The molecule has 0 atom stereocenters. The molecule has 1 aliphatic rings. The standard InChI is InChI=1S/C46H38N4Si.Pt/c1-33(2)34-27-28-47-46(29-34)50-42-22-11-10-21-40(42)41-26-25-39(31-45(41)50)51(36-16-6-4-7-17-36,37-18-8-5-9-19-37)38-20-14-15-35(30-38)49-32-48(3)43-23-12-13-24-44(43)49;/h4-29,33H,32H2,1-3H3;/q-2;+2. The number of nitrogens with zero attached hydrogens (tertiary/aromatic N) is 4. The molecule has 0 N–H and O–H groups in total. The molecule has 1 aliphatic heterocycles. The summed E-state index contributed by atoms with van der Waals surface area (Å²) in [6.07, 6.45) is 1.94. The Morgan fingerprint density at radius 3 is 2.02 bits per heavy atom. The number of pyridine rings is 1. The first-order valence-electron chi connectivity index (χ1n) is 17.7. The van der Waals surface area contributed by atoms with Gasteiger partial charge in [0.2, 0.25) is 0 Å². The Morgan fingerprint density at radius 1 is 0.635 bits per heavy atom. The molecule has 0 fully saturated rings. The van der Waals surface area contributed by atoms with Crippen LogP contribution in [0.3, 0.4) is 0 Å². The van der Waals surface area contributed by atoms with Crippen LogP contribution in [0.1, 0.15) is 25.3 Å². The summed E-state index contributed by atoms with van der Waals surface area (Å²) in [6, 6.07) is 63.3. The third kappa shape index (κ3) is 5.42. The number of aromatic nitrogens is 2. The molecule has 8 aromatic rings. The van der Waals surface area contributed by atoms with E-state index in [0.717, 1.165) is 29.2 Å². The van der Waals surface area contributed by atoms with Crippen LogP contribution in [-0.4, -0.2) is 31.3 Å². The zero-order chi connectivity index (χ0) is 34.5. The van der Waals surface area contributed by atoms with Crippen molar-refractivity contribution in [3.63, 3.8) is 0 Å². The molecule has 0 spiro atoms. The fraction of sp³-hybridized carbons (Fsp3) is 0.109. The van der Waals surface area contributed by atoms with E-state index in [1.54, 1.807) is 0 Å². The second-order valence-corrected chi connectivity index (χ2v) is 17.5. The van der Waals surface area contributed by atoms with Gasteiger partial charge in [-0.1, -0.05) is 116 Å². The van der Waals surface area contributed by atoms with Gasteiger partial charge >= 0.3 is 21.1 Å². The Hall–Kier alpha value is -5.22. The summed E-state index contributed by atoms with van der Waals surface area (Å²) in [5, 5.41) is 7.34. The average molecular weight is 870 g/mol. The Labute approximate surface area is 321 Å². The van der Waals surface area contributed by atoms with Crippen molar-refractivity contribution in [3.8, 4) is 5.82 Å². The minimum absolute atomic E-state index is 0. The van der Waals surface area contributed by atoms with Crippen LogP contribution in [0.15, 0.2) is 158 Å². The van der Waals surface area contributed by atoms with Crippen molar-refractivity contribution in [2.75, 3.05) is 23.5 Å². The largest absolute Gasteiger partial charge is 2.00 e. The first-order chi connectivity index (χ1) is 25.0. The fourth-order valence-electron chi connectivity index (χ4n) is 7.99. The minimum Gasteiger partial charge on any atom is -0.355 e. The summed E-state index contributed by atoms with van der Waals surface area (Å²) in [4.78, 5) is 9.63. The molecule has 0 amide bonds. The molecule has 3 heterocycles. The first-order valence-corrected chi connectivity index (χ1v) is 19.7. The van der Waals surface area contributed by atoms with Crippen molar-refractivity contribution in [3.05, 3.63) is 176 Å². The van der Waals surface area contributed by atoms with Crippen molar-refractivity contribution in [1.82, 2.24) is 9.55 Å². The molecule has 2 aromatic heterocycles. The summed E-state index contributed by atoms with van der Waals surface area (Å²) in [7, 11) is -0.837. The van der Waals surface area contributed by atoms with E-state index in [2.05, 4.69) is 199 Å². The fourth-order valence-corrected chi connectivity index (χ4v) is 12.5. The molecular weight excluding hydrogens is 832 g/mol. The summed E-state index contributed by atoms with van der Waals surface area (Å²) in [5.41, 5.74) is 6.93. The zero-order valence-electron chi connectivity index (χ0n) is 29.4. The van der Waals surface area contributed by atoms with Gasteiger partial charge in [0.1, 0.15) is 13.9 Å². The second-order valence-electron chi connectivity index (χ2n) is 13.8. The van der Waals surface area contributed by atoms with Gasteiger partial charge in [0.25, 0.3) is 0 Å². The van der Waals surface area contributed by atoms with Crippen molar-refractivity contribution in [2.24, 2.45) is 0 Å². The van der Waals surface area contributed by atoms with Gasteiger partial charge in [0, 0.05) is 18.8 Å². The molecule has 9 rings (SSSR count). The van der Waals surface area contributed by atoms with Crippen LogP contribution in [-0.2, 0) is 21.1 Å². The maximum Gasteiger partial charge on any atom is 2.00 e. The SMILES string of the molecule is CC(C)c1ccnc(-n2c3[c-]c([Si](c4[c-]c(N5CN(C)c6ccccc65)ccc4)(c4ccccc4)c4ccccc4)ccc3c3ccccc32)c1.[Pt+2]. The smallest absolute Gasteiger partial charge is 0.355 e. The van der Waals surface area contributed by atoms with Crippen molar-refractivity contribution < 1.29 is 21.1 Å². The molecule has 0 radical (unpaired) electrons. The normalized spacial score (nSPS) is 12.8. The summed E-state index contributed by atoms with van der Waals surface area (Å²) >= 11 is 0. The number of benzene rings is 6. The third-order valence-electron chi connectivity index (χ3n) is 10.5. The van der Waals surface area contributed by atoms with Crippen LogP contribution in [0.4, 0.5) is 17.1 Å². The Morgan fingerprint density at radius 2 is 1.29 bits per heavy atom. The van der Waals surface area contributed by atoms with Gasteiger partial charge in [-0.05, 0) is 57.6 Å². The minimum atomic E-state index is -2.99. The van der Waals surface area contributed by atoms with Crippen molar-refractivity contribution in [1.29, 1.82) is 0 Å². The number of anilines is 3. The van der Waals surface area contributed by atoms with E-state index in [4.69, 9.17) is 4.98 Å². The van der Waals surface area contributed by atoms with E-state index >= 15 is 0 Å². The molecule has 0 unspecified atom stereocenters. The maximum absolute atomic E-state index is 4.95. The molecular formula is C46H38N4PtSi. The number of para-hydroxylation sites is 3. The Bertz CT molecular complexity index is 2490. The van der Waals surface area contributed by atoms with Crippen LogP contribution in [0, 0.1) is 12.1 Å². The first kappa shape index (κ1) is 33.9. The monoisotopic (exact) mass is 869 g/mol. The molecule has 52 heavy (non-hydrogen) atoms. The van der Waals surface area contributed by atoms with Crippen molar-refractivity contribution in [2.45, 2.75) is 19.8 Å². The molecule has 0 bridgehead atoms.